The fourth-order valence-corrected chi connectivity index (χ4v) is 4.28. The molecule has 0 saturated heterocycles. The molecule has 1 saturated carbocycles. The molecule has 2 rings (SSSR count). The highest BCUT2D eigenvalue weighted by Crippen LogP contribution is 2.27. The summed E-state index contributed by atoms with van der Waals surface area (Å²) in [6.07, 6.45) is 6.60. The second-order valence-electron chi connectivity index (χ2n) is 4.52. The van der Waals surface area contributed by atoms with Gasteiger partial charge in [-0.05, 0) is 12.8 Å². The monoisotopic (exact) mass is 270 g/mol. The Kier molecular flexibility index (Phi) is 3.87. The summed E-state index contributed by atoms with van der Waals surface area (Å²) in [4.78, 5) is 14.2. The first kappa shape index (κ1) is 13.3. The molecule has 5 nitrogen and oxygen atoms in total. The largest absolute Gasteiger partial charge is 0.366 e. The lowest BCUT2D eigenvalue weighted by atomic mass is 10.2. The lowest BCUT2D eigenvalue weighted by molar-refractivity contribution is 0.335. The van der Waals surface area contributed by atoms with Crippen LogP contribution in [-0.2, 0) is 10.0 Å². The minimum absolute atomic E-state index is 0.0413. The second-order valence-corrected chi connectivity index (χ2v) is 6.38. The van der Waals surface area contributed by atoms with Gasteiger partial charge in [-0.2, -0.15) is 4.31 Å². The molecule has 6 heteroatoms. The van der Waals surface area contributed by atoms with E-state index in [1.54, 1.807) is 0 Å². The van der Waals surface area contributed by atoms with Crippen LogP contribution in [0.4, 0.5) is 0 Å². The average molecular weight is 270 g/mol. The minimum Gasteiger partial charge on any atom is -0.366 e. The number of aromatic nitrogens is 1. The highest BCUT2D eigenvalue weighted by atomic mass is 32.2. The van der Waals surface area contributed by atoms with Crippen LogP contribution in [0.2, 0.25) is 0 Å². The molecule has 100 valence electrons. The van der Waals surface area contributed by atoms with Crippen molar-refractivity contribution in [3.8, 4) is 0 Å². The summed E-state index contributed by atoms with van der Waals surface area (Å²) in [7, 11) is -3.68. The van der Waals surface area contributed by atoms with Crippen LogP contribution in [0.15, 0.2) is 28.2 Å². The molecule has 0 aliphatic heterocycles. The lowest BCUT2D eigenvalue weighted by Crippen LogP contribution is -2.40. The summed E-state index contributed by atoms with van der Waals surface area (Å²) in [5.74, 6) is 0. The summed E-state index contributed by atoms with van der Waals surface area (Å²) in [5, 5.41) is 0. The predicted molar refractivity (Wildman–Crippen MR) is 68.9 cm³/mol. The van der Waals surface area contributed by atoms with E-state index in [0.29, 0.717) is 6.54 Å². The molecule has 1 aromatic rings. The maximum atomic E-state index is 12.5. The van der Waals surface area contributed by atoms with Gasteiger partial charge in [0.15, 0.2) is 0 Å². The molecule has 0 atom stereocenters. The number of aromatic amines is 1. The van der Waals surface area contributed by atoms with E-state index < -0.39 is 15.5 Å². The van der Waals surface area contributed by atoms with Crippen molar-refractivity contribution in [2.75, 3.05) is 6.54 Å². The second kappa shape index (κ2) is 5.24. The molecule has 0 aromatic carbocycles. The number of H-pyrrole nitrogens is 1. The van der Waals surface area contributed by atoms with Gasteiger partial charge in [0.05, 0.1) is 0 Å². The molecular weight excluding hydrogens is 252 g/mol. The fourth-order valence-electron chi connectivity index (χ4n) is 2.55. The van der Waals surface area contributed by atoms with Crippen LogP contribution in [0.5, 0.6) is 0 Å². The first-order valence-electron chi connectivity index (χ1n) is 6.26. The van der Waals surface area contributed by atoms with Crippen LogP contribution in [0.3, 0.4) is 0 Å². The lowest BCUT2D eigenvalue weighted by Gasteiger charge is -2.26. The van der Waals surface area contributed by atoms with E-state index in [0.717, 1.165) is 25.7 Å². The maximum Gasteiger partial charge on any atom is 0.248 e. The summed E-state index contributed by atoms with van der Waals surface area (Å²) >= 11 is 0. The summed E-state index contributed by atoms with van der Waals surface area (Å²) in [5.41, 5.74) is -0.454. The number of hydrogen-bond acceptors (Lipinski definition) is 3. The molecule has 0 spiro atoms. The molecular formula is C12H18N2O3S. The van der Waals surface area contributed by atoms with Crippen LogP contribution in [0.1, 0.15) is 32.6 Å². The van der Waals surface area contributed by atoms with Gasteiger partial charge in [0.25, 0.3) is 0 Å². The Hall–Kier alpha value is -1.14. The molecule has 1 fully saturated rings. The molecule has 0 unspecified atom stereocenters. The van der Waals surface area contributed by atoms with Crippen molar-refractivity contribution in [1.82, 2.24) is 9.29 Å². The van der Waals surface area contributed by atoms with Crippen molar-refractivity contribution in [3.05, 3.63) is 28.7 Å². The number of sulfonamides is 1. The zero-order valence-corrected chi connectivity index (χ0v) is 11.2. The van der Waals surface area contributed by atoms with Gasteiger partial charge in [-0.1, -0.05) is 19.8 Å². The van der Waals surface area contributed by atoms with E-state index in [9.17, 15) is 13.2 Å². The molecule has 1 aliphatic rings. The Labute approximate surface area is 107 Å². The third kappa shape index (κ3) is 2.35. The third-order valence-corrected chi connectivity index (χ3v) is 5.47. The standard InChI is InChI=1S/C12H18N2O3S/c1-2-14(10-5-3-4-6-10)18(16,17)12-9-13-8-7-11(12)15/h7-10H,2-6H2,1H3,(H,13,15). The molecule has 1 N–H and O–H groups in total. The normalized spacial score (nSPS) is 17.4. The van der Waals surface area contributed by atoms with E-state index in [1.807, 2.05) is 6.92 Å². The maximum absolute atomic E-state index is 12.5. The SMILES string of the molecule is CCN(C1CCCC1)S(=O)(=O)c1c[nH]ccc1=O. The quantitative estimate of drug-likeness (QED) is 0.897. The summed E-state index contributed by atoms with van der Waals surface area (Å²) in [6, 6.07) is 1.29. The van der Waals surface area contributed by atoms with Gasteiger partial charge in [0.1, 0.15) is 4.90 Å². The summed E-state index contributed by atoms with van der Waals surface area (Å²) < 4.78 is 26.4. The third-order valence-electron chi connectivity index (χ3n) is 3.42. The van der Waals surface area contributed by atoms with Crippen LogP contribution in [0.25, 0.3) is 0 Å². The van der Waals surface area contributed by atoms with Gasteiger partial charge in [0, 0.05) is 31.0 Å². The number of nitrogens with zero attached hydrogens (tertiary/aromatic N) is 1. The zero-order valence-electron chi connectivity index (χ0n) is 10.4. The molecule has 1 aliphatic carbocycles. The van der Waals surface area contributed by atoms with Crippen molar-refractivity contribution < 1.29 is 8.42 Å². The molecule has 1 aromatic heterocycles. The van der Waals surface area contributed by atoms with Crippen molar-refractivity contribution in [2.24, 2.45) is 0 Å². The van der Waals surface area contributed by atoms with Gasteiger partial charge in [0.2, 0.25) is 15.5 Å². The molecule has 0 amide bonds. The Bertz CT molecular complexity index is 559. The van der Waals surface area contributed by atoms with E-state index in [1.165, 1.54) is 22.8 Å². The van der Waals surface area contributed by atoms with Gasteiger partial charge in [-0.25, -0.2) is 8.42 Å². The number of nitrogens with one attached hydrogen (secondary N) is 1. The first-order valence-corrected chi connectivity index (χ1v) is 7.70. The Balaban J connectivity index is 2.40. The molecule has 0 radical (unpaired) electrons. The van der Waals surface area contributed by atoms with E-state index in [-0.39, 0.29) is 10.9 Å². The van der Waals surface area contributed by atoms with Crippen molar-refractivity contribution >= 4 is 10.0 Å². The van der Waals surface area contributed by atoms with Crippen molar-refractivity contribution in [1.29, 1.82) is 0 Å². The number of rotatable bonds is 4. The van der Waals surface area contributed by atoms with Crippen LogP contribution in [-0.4, -0.2) is 30.3 Å². The van der Waals surface area contributed by atoms with Crippen LogP contribution < -0.4 is 5.43 Å². The number of hydrogen-bond donors (Lipinski definition) is 1. The van der Waals surface area contributed by atoms with Crippen LogP contribution >= 0.6 is 0 Å². The van der Waals surface area contributed by atoms with Crippen molar-refractivity contribution in [3.63, 3.8) is 0 Å². The minimum atomic E-state index is -3.68. The fraction of sp³-hybridized carbons (Fsp3) is 0.583. The Morgan fingerprint density at radius 3 is 2.61 bits per heavy atom. The van der Waals surface area contributed by atoms with Gasteiger partial charge in [-0.15, -0.1) is 0 Å². The topological polar surface area (TPSA) is 70.2 Å². The van der Waals surface area contributed by atoms with Crippen molar-refractivity contribution in [2.45, 2.75) is 43.5 Å². The van der Waals surface area contributed by atoms with Gasteiger partial charge < -0.3 is 4.98 Å². The van der Waals surface area contributed by atoms with Gasteiger partial charge in [-0.3, -0.25) is 4.79 Å². The van der Waals surface area contributed by atoms with E-state index in [4.69, 9.17) is 0 Å². The van der Waals surface area contributed by atoms with E-state index in [2.05, 4.69) is 4.98 Å². The smallest absolute Gasteiger partial charge is 0.248 e. The first-order chi connectivity index (χ1) is 8.57. The number of pyridine rings is 1. The zero-order chi connectivity index (χ0) is 13.2. The highest BCUT2D eigenvalue weighted by molar-refractivity contribution is 7.89. The predicted octanol–water partition coefficient (Wildman–Crippen LogP) is 1.33. The average Bonchev–Trinajstić information content (AvgIpc) is 2.83. The highest BCUT2D eigenvalue weighted by Gasteiger charge is 2.33. The summed E-state index contributed by atoms with van der Waals surface area (Å²) in [6.45, 7) is 2.22. The Morgan fingerprint density at radius 1 is 1.39 bits per heavy atom. The molecule has 18 heavy (non-hydrogen) atoms. The molecule has 0 bridgehead atoms. The van der Waals surface area contributed by atoms with E-state index >= 15 is 0 Å². The Morgan fingerprint density at radius 2 is 2.06 bits per heavy atom. The molecule has 1 heterocycles. The van der Waals surface area contributed by atoms with Crippen LogP contribution in [0, 0.1) is 0 Å². The van der Waals surface area contributed by atoms with Gasteiger partial charge >= 0.3 is 0 Å².